The Hall–Kier alpha value is -3.15. The lowest BCUT2D eigenvalue weighted by atomic mass is 9.89. The summed E-state index contributed by atoms with van der Waals surface area (Å²) in [7, 11) is 0. The van der Waals surface area contributed by atoms with Crippen LogP contribution in [-0.2, 0) is 16.1 Å². The molecule has 2 N–H and O–H groups in total. The monoisotopic (exact) mass is 338 g/mol. The van der Waals surface area contributed by atoms with Gasteiger partial charge in [-0.05, 0) is 29.8 Å². The van der Waals surface area contributed by atoms with Gasteiger partial charge in [0.25, 0.3) is 0 Å². The molecule has 0 radical (unpaired) electrons. The fraction of sp³-hybridized carbons (Fsp3) is 0.158. The number of nitrogens with one attached hydrogen (secondary N) is 2. The van der Waals surface area contributed by atoms with Crippen molar-refractivity contribution in [1.29, 1.82) is 0 Å². The summed E-state index contributed by atoms with van der Waals surface area (Å²) in [4.78, 5) is 24.4. The number of carbonyl (C=O) groups is 2. The van der Waals surface area contributed by atoms with Gasteiger partial charge >= 0.3 is 0 Å². The Labute approximate surface area is 142 Å². The van der Waals surface area contributed by atoms with Crippen molar-refractivity contribution in [1.82, 2.24) is 5.32 Å². The first-order valence-electron chi connectivity index (χ1n) is 7.94. The third-order valence-electron chi connectivity index (χ3n) is 4.28. The highest BCUT2D eigenvalue weighted by atomic mass is 19.1. The molecule has 0 saturated heterocycles. The van der Waals surface area contributed by atoms with E-state index in [1.807, 2.05) is 30.3 Å². The van der Waals surface area contributed by atoms with Gasteiger partial charge in [-0.2, -0.15) is 0 Å². The molecule has 25 heavy (non-hydrogen) atoms. The minimum atomic E-state index is -0.645. The average Bonchev–Trinajstić information content (AvgIpc) is 3.01. The molecule has 1 aromatic heterocycles. The van der Waals surface area contributed by atoms with Crippen molar-refractivity contribution in [3.05, 3.63) is 65.7 Å². The fourth-order valence-electron chi connectivity index (χ4n) is 3.09. The van der Waals surface area contributed by atoms with Gasteiger partial charge < -0.3 is 15.1 Å². The highest BCUT2D eigenvalue weighted by Crippen LogP contribution is 2.33. The number of fused-ring (bicyclic) bond motifs is 2. The van der Waals surface area contributed by atoms with E-state index in [1.54, 1.807) is 0 Å². The van der Waals surface area contributed by atoms with E-state index in [1.165, 1.54) is 18.2 Å². The zero-order chi connectivity index (χ0) is 17.4. The SMILES string of the molecule is O=C1C[C@H](C(=O)NCc2cc3ccccc3o2)c2ccc(F)cc2N1. The first-order valence-corrected chi connectivity index (χ1v) is 7.94. The van der Waals surface area contributed by atoms with E-state index in [9.17, 15) is 14.0 Å². The Morgan fingerprint density at radius 2 is 2.08 bits per heavy atom. The van der Waals surface area contributed by atoms with Gasteiger partial charge in [-0.3, -0.25) is 9.59 Å². The summed E-state index contributed by atoms with van der Waals surface area (Å²) >= 11 is 0. The van der Waals surface area contributed by atoms with Crippen LogP contribution in [0.1, 0.15) is 23.7 Å². The van der Waals surface area contributed by atoms with Crippen molar-refractivity contribution < 1.29 is 18.4 Å². The van der Waals surface area contributed by atoms with Crippen LogP contribution in [0.15, 0.2) is 52.9 Å². The number of para-hydroxylation sites is 1. The molecule has 126 valence electrons. The molecular weight excluding hydrogens is 323 g/mol. The Morgan fingerprint density at radius 3 is 2.92 bits per heavy atom. The van der Waals surface area contributed by atoms with E-state index in [4.69, 9.17) is 4.42 Å². The summed E-state index contributed by atoms with van der Waals surface area (Å²) < 4.78 is 19.0. The number of hydrogen-bond donors (Lipinski definition) is 2. The maximum atomic E-state index is 13.4. The minimum Gasteiger partial charge on any atom is -0.459 e. The number of carbonyl (C=O) groups excluding carboxylic acids is 2. The molecule has 1 aliphatic heterocycles. The predicted molar refractivity (Wildman–Crippen MR) is 90.4 cm³/mol. The van der Waals surface area contributed by atoms with Crippen LogP contribution in [0.5, 0.6) is 0 Å². The Balaban J connectivity index is 1.52. The Morgan fingerprint density at radius 1 is 1.24 bits per heavy atom. The second-order valence-electron chi connectivity index (χ2n) is 6.00. The quantitative estimate of drug-likeness (QED) is 0.770. The number of hydrogen-bond acceptors (Lipinski definition) is 3. The number of anilines is 1. The van der Waals surface area contributed by atoms with E-state index in [-0.39, 0.29) is 24.8 Å². The molecule has 4 rings (SSSR count). The zero-order valence-corrected chi connectivity index (χ0v) is 13.2. The van der Waals surface area contributed by atoms with Crippen LogP contribution in [0.25, 0.3) is 11.0 Å². The molecule has 2 heterocycles. The summed E-state index contributed by atoms with van der Waals surface area (Å²) in [6.45, 7) is 0.224. The molecule has 5 nitrogen and oxygen atoms in total. The molecule has 0 saturated carbocycles. The number of rotatable bonds is 3. The van der Waals surface area contributed by atoms with Crippen LogP contribution in [0.4, 0.5) is 10.1 Å². The van der Waals surface area contributed by atoms with Gasteiger partial charge in [0.05, 0.1) is 12.5 Å². The van der Waals surface area contributed by atoms with E-state index < -0.39 is 11.7 Å². The summed E-state index contributed by atoms with van der Waals surface area (Å²) in [6, 6.07) is 13.5. The molecule has 1 aliphatic rings. The van der Waals surface area contributed by atoms with Crippen molar-refractivity contribution in [3.8, 4) is 0 Å². The van der Waals surface area contributed by atoms with Crippen molar-refractivity contribution in [2.45, 2.75) is 18.9 Å². The topological polar surface area (TPSA) is 71.3 Å². The minimum absolute atomic E-state index is 0.0323. The van der Waals surface area contributed by atoms with Crippen LogP contribution in [0.2, 0.25) is 0 Å². The second-order valence-corrected chi connectivity index (χ2v) is 6.00. The normalized spacial score (nSPS) is 16.4. The molecule has 0 aliphatic carbocycles. The summed E-state index contributed by atoms with van der Waals surface area (Å²) in [5.41, 5.74) is 1.72. The van der Waals surface area contributed by atoms with Gasteiger partial charge in [-0.25, -0.2) is 4.39 Å². The summed E-state index contributed by atoms with van der Waals surface area (Å²) in [5, 5.41) is 6.36. The largest absolute Gasteiger partial charge is 0.459 e. The molecule has 2 amide bonds. The molecule has 6 heteroatoms. The summed E-state index contributed by atoms with van der Waals surface area (Å²) in [5.74, 6) is -1.06. The molecular formula is C19H15FN2O3. The fourth-order valence-corrected chi connectivity index (χ4v) is 3.09. The lowest BCUT2D eigenvalue weighted by Gasteiger charge is -2.24. The van der Waals surface area contributed by atoms with Crippen molar-refractivity contribution >= 4 is 28.5 Å². The number of halogens is 1. The van der Waals surface area contributed by atoms with E-state index in [0.29, 0.717) is 17.0 Å². The van der Waals surface area contributed by atoms with Gasteiger partial charge in [0.2, 0.25) is 11.8 Å². The van der Waals surface area contributed by atoms with E-state index in [0.717, 1.165) is 11.0 Å². The Bertz CT molecular complexity index is 947. The molecule has 0 spiro atoms. The number of furan rings is 1. The molecule has 0 bridgehead atoms. The van der Waals surface area contributed by atoms with Crippen LogP contribution in [0.3, 0.4) is 0 Å². The van der Waals surface area contributed by atoms with E-state index >= 15 is 0 Å². The van der Waals surface area contributed by atoms with Crippen molar-refractivity contribution in [2.75, 3.05) is 5.32 Å². The first-order chi connectivity index (χ1) is 12.1. The average molecular weight is 338 g/mol. The van der Waals surface area contributed by atoms with Crippen LogP contribution in [-0.4, -0.2) is 11.8 Å². The molecule has 3 aromatic rings. The maximum absolute atomic E-state index is 13.4. The van der Waals surface area contributed by atoms with Gasteiger partial charge in [0, 0.05) is 17.5 Å². The van der Waals surface area contributed by atoms with Gasteiger partial charge in [-0.1, -0.05) is 24.3 Å². The smallest absolute Gasteiger partial charge is 0.228 e. The molecule has 2 aromatic carbocycles. The predicted octanol–water partition coefficient (Wildman–Crippen LogP) is 3.31. The second kappa shape index (κ2) is 6.05. The van der Waals surface area contributed by atoms with Crippen LogP contribution < -0.4 is 10.6 Å². The lowest BCUT2D eigenvalue weighted by Crippen LogP contribution is -2.34. The molecule has 0 fully saturated rings. The van der Waals surface area contributed by atoms with Crippen molar-refractivity contribution in [3.63, 3.8) is 0 Å². The number of amides is 2. The number of benzene rings is 2. The first kappa shape index (κ1) is 15.4. The highest BCUT2D eigenvalue weighted by molar-refractivity contribution is 6.01. The van der Waals surface area contributed by atoms with Crippen LogP contribution >= 0.6 is 0 Å². The van der Waals surface area contributed by atoms with Gasteiger partial charge in [-0.15, -0.1) is 0 Å². The third kappa shape index (κ3) is 2.98. The van der Waals surface area contributed by atoms with Gasteiger partial charge in [0.1, 0.15) is 17.2 Å². The van der Waals surface area contributed by atoms with E-state index in [2.05, 4.69) is 10.6 Å². The third-order valence-corrected chi connectivity index (χ3v) is 4.28. The molecule has 1 atom stereocenters. The standard InChI is InChI=1S/C19H15FN2O3/c20-12-5-6-14-15(9-18(23)22-16(14)8-12)19(24)21-10-13-7-11-3-1-2-4-17(11)25-13/h1-8,15H,9-10H2,(H,21,24)(H,22,23)/t15-/m0/s1. The van der Waals surface area contributed by atoms with Crippen LogP contribution in [0, 0.1) is 5.82 Å². The Kier molecular flexibility index (Phi) is 3.72. The highest BCUT2D eigenvalue weighted by Gasteiger charge is 2.30. The van der Waals surface area contributed by atoms with Crippen molar-refractivity contribution in [2.24, 2.45) is 0 Å². The van der Waals surface area contributed by atoms with Gasteiger partial charge in [0.15, 0.2) is 0 Å². The summed E-state index contributed by atoms with van der Waals surface area (Å²) in [6.07, 6.45) is 0.0323. The lowest BCUT2D eigenvalue weighted by molar-refractivity contribution is -0.126. The maximum Gasteiger partial charge on any atom is 0.228 e. The zero-order valence-electron chi connectivity index (χ0n) is 13.2. The molecule has 0 unspecified atom stereocenters.